The lowest BCUT2D eigenvalue weighted by Crippen LogP contribution is -2.47. The predicted molar refractivity (Wildman–Crippen MR) is 166 cm³/mol. The number of methoxy groups -OCH3 is 1. The number of fused-ring (bicyclic) bond motifs is 3. The predicted octanol–water partition coefficient (Wildman–Crippen LogP) is 4.83. The van der Waals surface area contributed by atoms with Gasteiger partial charge in [0.25, 0.3) is 0 Å². The van der Waals surface area contributed by atoms with E-state index in [4.69, 9.17) is 4.74 Å². The van der Waals surface area contributed by atoms with Gasteiger partial charge in [-0.2, -0.15) is 0 Å². The average molecular weight is 658 g/mol. The number of allylic oxidation sites excluding steroid dienone is 6. The summed E-state index contributed by atoms with van der Waals surface area (Å²) in [5, 5.41) is 11.2. The molecule has 0 spiro atoms. The van der Waals surface area contributed by atoms with Gasteiger partial charge in [0.1, 0.15) is 0 Å². The van der Waals surface area contributed by atoms with Crippen LogP contribution in [-0.4, -0.2) is 64.5 Å². The van der Waals surface area contributed by atoms with Gasteiger partial charge in [-0.1, -0.05) is 54.1 Å². The van der Waals surface area contributed by atoms with Crippen LogP contribution in [-0.2, 0) is 25.7 Å². The van der Waals surface area contributed by atoms with Gasteiger partial charge in [-0.05, 0) is 59.2 Å². The largest absolute Gasteiger partial charge is 0.504 e. The Morgan fingerprint density at radius 3 is 2.43 bits per heavy atom. The van der Waals surface area contributed by atoms with Gasteiger partial charge >= 0.3 is 0 Å². The van der Waals surface area contributed by atoms with Crippen molar-refractivity contribution in [1.29, 1.82) is 0 Å². The zero-order valence-electron chi connectivity index (χ0n) is 24.4. The van der Waals surface area contributed by atoms with Crippen molar-refractivity contribution in [2.75, 3.05) is 20.2 Å². The van der Waals surface area contributed by atoms with Crippen molar-refractivity contribution in [3.63, 3.8) is 0 Å². The second-order valence-corrected chi connectivity index (χ2v) is 13.2. The number of carbonyl (C=O) groups excluding carboxylic acids is 4. The minimum Gasteiger partial charge on any atom is -0.504 e. The van der Waals surface area contributed by atoms with E-state index in [1.807, 2.05) is 24.3 Å². The molecule has 2 aliphatic heterocycles. The third kappa shape index (κ3) is 4.59. The lowest BCUT2D eigenvalue weighted by Gasteiger charge is -2.42. The molecule has 0 bridgehead atoms. The molecule has 9 heteroatoms. The van der Waals surface area contributed by atoms with Crippen molar-refractivity contribution in [2.45, 2.75) is 44.2 Å². The third-order valence-electron chi connectivity index (χ3n) is 10.1. The number of phenolic OH excluding ortho intramolecular Hbond substituents is 1. The number of imide groups is 1. The quantitative estimate of drug-likeness (QED) is 0.279. The number of phenols is 1. The van der Waals surface area contributed by atoms with Crippen LogP contribution >= 0.6 is 15.9 Å². The van der Waals surface area contributed by atoms with Gasteiger partial charge in [-0.3, -0.25) is 29.0 Å². The second-order valence-electron chi connectivity index (χ2n) is 12.3. The Morgan fingerprint density at radius 2 is 1.70 bits per heavy atom. The molecule has 8 nitrogen and oxygen atoms in total. The Morgan fingerprint density at radius 1 is 0.955 bits per heavy atom. The van der Waals surface area contributed by atoms with Crippen molar-refractivity contribution < 1.29 is 29.0 Å². The van der Waals surface area contributed by atoms with Crippen LogP contribution in [0.2, 0.25) is 0 Å². The third-order valence-corrected chi connectivity index (χ3v) is 10.7. The van der Waals surface area contributed by atoms with Crippen molar-refractivity contribution in [2.24, 2.45) is 17.8 Å². The summed E-state index contributed by atoms with van der Waals surface area (Å²) in [4.78, 5) is 59.0. The van der Waals surface area contributed by atoms with Gasteiger partial charge in [-0.15, -0.1) is 0 Å². The van der Waals surface area contributed by atoms with E-state index in [-0.39, 0.29) is 51.8 Å². The van der Waals surface area contributed by atoms with E-state index in [9.17, 15) is 24.3 Å². The first kappa shape index (κ1) is 28.9. The first-order valence-corrected chi connectivity index (χ1v) is 16.0. The maximum Gasteiger partial charge on any atom is 0.233 e. The molecule has 2 amide bonds. The smallest absolute Gasteiger partial charge is 0.233 e. The Labute approximate surface area is 264 Å². The van der Waals surface area contributed by atoms with Crippen molar-refractivity contribution >= 4 is 39.3 Å². The molecule has 3 aliphatic carbocycles. The number of hydrogen-bond donors (Lipinski definition) is 1. The monoisotopic (exact) mass is 656 g/mol. The number of benzene rings is 2. The van der Waals surface area contributed by atoms with Crippen LogP contribution in [0.5, 0.6) is 11.5 Å². The summed E-state index contributed by atoms with van der Waals surface area (Å²) in [7, 11) is 1.45. The molecule has 0 aromatic heterocycles. The highest BCUT2D eigenvalue weighted by molar-refractivity contribution is 9.12. The summed E-state index contributed by atoms with van der Waals surface area (Å²) in [5.74, 6) is -3.08. The number of nitrogens with zero attached hydrogens (tertiary/aromatic N) is 2. The summed E-state index contributed by atoms with van der Waals surface area (Å²) >= 11 is 3.26. The van der Waals surface area contributed by atoms with Gasteiger partial charge in [0.15, 0.2) is 23.1 Å². The fourth-order valence-electron chi connectivity index (χ4n) is 8.06. The lowest BCUT2D eigenvalue weighted by atomic mass is 9.59. The Kier molecular flexibility index (Phi) is 7.41. The Hall–Kier alpha value is -3.82. The fraction of sp³-hybridized carbons (Fsp3) is 0.371. The van der Waals surface area contributed by atoms with Crippen LogP contribution in [0, 0.1) is 17.8 Å². The Bertz CT molecular complexity index is 1670. The molecule has 2 aromatic carbocycles. The van der Waals surface area contributed by atoms with Crippen LogP contribution in [0.3, 0.4) is 0 Å². The SMILES string of the molecule is COc1cccc(C2C3=CCC4C(=O)N(C5CCN(Cc6ccccc6)CC5)C(=O)C4C3CC3=C2C(=O)C=C(Br)C3=O)c1O. The normalized spacial score (nSPS) is 27.5. The molecule has 44 heavy (non-hydrogen) atoms. The van der Waals surface area contributed by atoms with Crippen LogP contribution in [0.1, 0.15) is 42.7 Å². The van der Waals surface area contributed by atoms with E-state index < -0.39 is 23.7 Å². The second kappa shape index (κ2) is 11.3. The molecular weight excluding hydrogens is 624 g/mol. The summed E-state index contributed by atoms with van der Waals surface area (Å²) < 4.78 is 5.54. The van der Waals surface area contributed by atoms with Gasteiger partial charge < -0.3 is 9.84 Å². The number of hydrogen-bond acceptors (Lipinski definition) is 7. The first-order chi connectivity index (χ1) is 21.3. The number of amides is 2. The van der Waals surface area contributed by atoms with E-state index in [0.717, 1.165) is 38.0 Å². The molecule has 4 atom stereocenters. The van der Waals surface area contributed by atoms with Crippen LogP contribution in [0.15, 0.2) is 81.9 Å². The molecule has 0 saturated carbocycles. The molecule has 5 aliphatic rings. The summed E-state index contributed by atoms with van der Waals surface area (Å²) in [5.41, 5.74) is 3.15. The number of Topliss-reactive ketones (excluding diaryl/α,β-unsaturated/α-hetero) is 1. The number of halogens is 1. The molecule has 2 fully saturated rings. The molecule has 4 unspecified atom stereocenters. The van der Waals surface area contributed by atoms with Gasteiger partial charge in [0.05, 0.1) is 23.4 Å². The molecule has 0 radical (unpaired) electrons. The maximum atomic E-state index is 14.3. The summed E-state index contributed by atoms with van der Waals surface area (Å²) in [6, 6.07) is 15.2. The highest BCUT2D eigenvalue weighted by atomic mass is 79.9. The minimum absolute atomic E-state index is 0.109. The molecule has 2 aromatic rings. The number of likely N-dealkylation sites (tertiary alicyclic amines) is 2. The first-order valence-electron chi connectivity index (χ1n) is 15.2. The molecule has 1 N–H and O–H groups in total. The highest BCUT2D eigenvalue weighted by Crippen LogP contribution is 2.57. The number of ketones is 2. The van der Waals surface area contributed by atoms with E-state index >= 15 is 0 Å². The van der Waals surface area contributed by atoms with E-state index in [0.29, 0.717) is 23.1 Å². The lowest BCUT2D eigenvalue weighted by molar-refractivity contribution is -0.144. The van der Waals surface area contributed by atoms with E-state index in [2.05, 4.69) is 33.0 Å². The topological polar surface area (TPSA) is 104 Å². The fourth-order valence-corrected chi connectivity index (χ4v) is 8.51. The standard InChI is InChI=1S/C35H33BrN2O6/c1-44-28-9-5-8-22(33(28)41)29-21-10-11-23-30(24(21)16-25-31(29)27(39)17-26(36)32(25)40)35(43)38(34(23)42)20-12-14-37(15-13-20)18-19-6-3-2-4-7-19/h2-10,17,20,23-24,29-30,41H,11-16,18H2,1H3. The van der Waals surface area contributed by atoms with Crippen molar-refractivity contribution in [1.82, 2.24) is 9.80 Å². The van der Waals surface area contributed by atoms with Gasteiger partial charge in [0.2, 0.25) is 11.8 Å². The zero-order valence-corrected chi connectivity index (χ0v) is 26.0. The zero-order chi connectivity index (χ0) is 30.7. The van der Waals surface area contributed by atoms with Crippen LogP contribution in [0.4, 0.5) is 0 Å². The number of piperidine rings is 1. The number of rotatable bonds is 5. The molecule has 226 valence electrons. The summed E-state index contributed by atoms with van der Waals surface area (Å²) in [6.07, 6.45) is 5.26. The van der Waals surface area contributed by atoms with Crippen molar-refractivity contribution in [3.8, 4) is 11.5 Å². The maximum absolute atomic E-state index is 14.3. The Balaban J connectivity index is 1.20. The minimum atomic E-state index is -0.730. The van der Waals surface area contributed by atoms with Crippen molar-refractivity contribution in [3.05, 3.63) is 93.0 Å². The summed E-state index contributed by atoms with van der Waals surface area (Å²) in [6.45, 7) is 2.43. The van der Waals surface area contributed by atoms with Gasteiger partial charge in [-0.25, -0.2) is 0 Å². The number of ether oxygens (including phenoxy) is 1. The molecule has 7 rings (SSSR count). The van der Waals surface area contributed by atoms with Crippen LogP contribution in [0.25, 0.3) is 0 Å². The number of aromatic hydroxyl groups is 1. The highest BCUT2D eigenvalue weighted by Gasteiger charge is 2.57. The van der Waals surface area contributed by atoms with E-state index in [1.54, 1.807) is 18.2 Å². The number of para-hydroxylation sites is 1. The average Bonchev–Trinajstić information content (AvgIpc) is 3.29. The van der Waals surface area contributed by atoms with E-state index in [1.165, 1.54) is 23.6 Å². The van der Waals surface area contributed by atoms with Gasteiger partial charge in [0, 0.05) is 54.4 Å². The molecule has 2 saturated heterocycles. The molecule has 2 heterocycles. The number of carbonyl (C=O) groups is 4. The molecular formula is C35H33BrN2O6. The van der Waals surface area contributed by atoms with Crippen LogP contribution < -0.4 is 4.74 Å².